The molecule has 1 heterocycles. The fourth-order valence-electron chi connectivity index (χ4n) is 0.942. The Bertz CT molecular complexity index is 310. The van der Waals surface area contributed by atoms with Crippen molar-refractivity contribution in [1.82, 2.24) is 5.32 Å². The lowest BCUT2D eigenvalue weighted by molar-refractivity contribution is -0.140. The van der Waals surface area contributed by atoms with Gasteiger partial charge in [0.15, 0.2) is 0 Å². The van der Waals surface area contributed by atoms with Crippen LogP contribution in [-0.2, 0) is 9.53 Å². The van der Waals surface area contributed by atoms with Crippen LogP contribution in [0.5, 0.6) is 0 Å². The van der Waals surface area contributed by atoms with E-state index in [4.69, 9.17) is 4.74 Å². The molecule has 0 spiro atoms. The minimum atomic E-state index is -0.327. The molecule has 0 amide bonds. The molecule has 0 bridgehead atoms. The summed E-state index contributed by atoms with van der Waals surface area (Å²) >= 11 is 0. The van der Waals surface area contributed by atoms with Gasteiger partial charge < -0.3 is 10.1 Å². The van der Waals surface area contributed by atoms with Gasteiger partial charge in [0.2, 0.25) is 0 Å². The van der Waals surface area contributed by atoms with Crippen molar-refractivity contribution in [1.29, 1.82) is 0 Å². The Labute approximate surface area is 83.0 Å². The van der Waals surface area contributed by atoms with Gasteiger partial charge in [-0.2, -0.15) is 0 Å². The van der Waals surface area contributed by atoms with Gasteiger partial charge in [0, 0.05) is 6.54 Å². The molecule has 1 N–H and O–H groups in total. The highest BCUT2D eigenvalue weighted by molar-refractivity contribution is 5.75. The SMILES string of the molecule is C/C=C/C#COC(=O)C1CN=CNC1. The van der Waals surface area contributed by atoms with Crippen LogP contribution in [0.1, 0.15) is 6.92 Å². The predicted octanol–water partition coefficient (Wildman–Crippen LogP) is 0.314. The molecule has 1 aliphatic rings. The van der Waals surface area contributed by atoms with Crippen LogP contribution < -0.4 is 5.32 Å². The highest BCUT2D eigenvalue weighted by atomic mass is 16.5. The number of allylic oxidation sites excluding steroid dienone is 2. The molecule has 0 aliphatic carbocycles. The lowest BCUT2D eigenvalue weighted by Gasteiger charge is -2.14. The second-order valence-corrected chi connectivity index (χ2v) is 2.77. The highest BCUT2D eigenvalue weighted by Crippen LogP contribution is 2.01. The summed E-state index contributed by atoms with van der Waals surface area (Å²) in [5, 5.41) is 2.86. The van der Waals surface area contributed by atoms with Crippen molar-refractivity contribution >= 4 is 12.3 Å². The van der Waals surface area contributed by atoms with E-state index in [-0.39, 0.29) is 11.9 Å². The maximum absolute atomic E-state index is 11.3. The lowest BCUT2D eigenvalue weighted by atomic mass is 10.1. The summed E-state index contributed by atoms with van der Waals surface area (Å²) < 4.78 is 4.72. The van der Waals surface area contributed by atoms with Gasteiger partial charge in [0.1, 0.15) is 6.11 Å². The molecule has 0 saturated heterocycles. The average Bonchev–Trinajstić information content (AvgIpc) is 2.25. The largest absolute Gasteiger partial charge is 0.375 e. The van der Waals surface area contributed by atoms with E-state index in [0.717, 1.165) is 0 Å². The van der Waals surface area contributed by atoms with Crippen LogP contribution in [-0.4, -0.2) is 25.4 Å². The van der Waals surface area contributed by atoms with Gasteiger partial charge in [-0.15, -0.1) is 0 Å². The van der Waals surface area contributed by atoms with Crippen LogP contribution in [0.25, 0.3) is 0 Å². The van der Waals surface area contributed by atoms with E-state index in [9.17, 15) is 4.79 Å². The summed E-state index contributed by atoms with van der Waals surface area (Å²) in [5.74, 6) is 2.02. The number of carbonyl (C=O) groups is 1. The van der Waals surface area contributed by atoms with Crippen LogP contribution in [0.2, 0.25) is 0 Å². The number of nitrogens with zero attached hydrogens (tertiary/aromatic N) is 1. The zero-order valence-corrected chi connectivity index (χ0v) is 7.99. The van der Waals surface area contributed by atoms with Gasteiger partial charge in [-0.05, 0) is 18.9 Å². The van der Waals surface area contributed by atoms with E-state index < -0.39 is 0 Å². The third kappa shape index (κ3) is 3.31. The Morgan fingerprint density at radius 2 is 2.64 bits per heavy atom. The maximum Gasteiger partial charge on any atom is 0.326 e. The van der Waals surface area contributed by atoms with Gasteiger partial charge in [0.25, 0.3) is 0 Å². The van der Waals surface area contributed by atoms with Gasteiger partial charge in [-0.1, -0.05) is 6.08 Å². The molecular weight excluding hydrogens is 180 g/mol. The number of esters is 1. The van der Waals surface area contributed by atoms with Crippen LogP contribution >= 0.6 is 0 Å². The van der Waals surface area contributed by atoms with Crippen LogP contribution in [0.15, 0.2) is 17.1 Å². The van der Waals surface area contributed by atoms with E-state index in [0.29, 0.717) is 13.1 Å². The van der Waals surface area contributed by atoms with E-state index in [2.05, 4.69) is 22.3 Å². The standard InChI is InChI=1S/C10H12N2O2/c1-2-3-4-5-14-10(13)9-6-11-8-12-7-9/h2-3,8-9H,6-7H2,1H3,(H,11,12)/b3-2+. The maximum atomic E-state index is 11.3. The van der Waals surface area contributed by atoms with Gasteiger partial charge in [-0.25, -0.2) is 0 Å². The van der Waals surface area contributed by atoms with Crippen molar-refractivity contribution in [2.24, 2.45) is 10.9 Å². The quantitative estimate of drug-likeness (QED) is 0.480. The molecule has 74 valence electrons. The predicted molar refractivity (Wildman–Crippen MR) is 53.5 cm³/mol. The van der Waals surface area contributed by atoms with E-state index >= 15 is 0 Å². The monoisotopic (exact) mass is 192 g/mol. The van der Waals surface area contributed by atoms with Gasteiger partial charge in [0.05, 0.1) is 18.8 Å². The first-order chi connectivity index (χ1) is 6.84. The molecule has 4 nitrogen and oxygen atoms in total. The fraction of sp³-hybridized carbons (Fsp3) is 0.400. The molecular formula is C10H12N2O2. The molecule has 0 aromatic heterocycles. The number of carbonyl (C=O) groups excluding carboxylic acids is 1. The van der Waals surface area contributed by atoms with Crippen molar-refractivity contribution in [3.63, 3.8) is 0 Å². The summed E-state index contributed by atoms with van der Waals surface area (Å²) in [6, 6.07) is 0. The first-order valence-electron chi connectivity index (χ1n) is 4.38. The van der Waals surface area contributed by atoms with Crippen LogP contribution in [0.3, 0.4) is 0 Å². The third-order valence-corrected chi connectivity index (χ3v) is 1.67. The normalized spacial score (nSPS) is 19.6. The Hall–Kier alpha value is -1.76. The van der Waals surface area contributed by atoms with Gasteiger partial charge in [-0.3, -0.25) is 9.79 Å². The number of ether oxygens (including phenoxy) is 1. The first kappa shape index (κ1) is 10.3. The summed E-state index contributed by atoms with van der Waals surface area (Å²) in [4.78, 5) is 15.2. The van der Waals surface area contributed by atoms with Gasteiger partial charge >= 0.3 is 5.97 Å². The topological polar surface area (TPSA) is 50.7 Å². The summed E-state index contributed by atoms with van der Waals surface area (Å²) in [7, 11) is 0. The number of nitrogens with one attached hydrogen (secondary N) is 1. The molecule has 0 aromatic rings. The molecule has 1 atom stereocenters. The number of hydrogen-bond acceptors (Lipinski definition) is 4. The Balaban J connectivity index is 2.35. The lowest BCUT2D eigenvalue weighted by Crippen LogP contribution is -2.34. The molecule has 0 saturated carbocycles. The van der Waals surface area contributed by atoms with Crippen LogP contribution in [0, 0.1) is 17.9 Å². The molecule has 1 aliphatic heterocycles. The van der Waals surface area contributed by atoms with Crippen molar-refractivity contribution in [2.45, 2.75) is 6.92 Å². The second kappa shape index (κ2) is 5.81. The summed E-state index contributed by atoms with van der Waals surface area (Å²) in [5.41, 5.74) is 0. The Morgan fingerprint density at radius 3 is 3.29 bits per heavy atom. The highest BCUT2D eigenvalue weighted by Gasteiger charge is 2.20. The van der Waals surface area contributed by atoms with Crippen molar-refractivity contribution in [3.05, 3.63) is 12.2 Å². The third-order valence-electron chi connectivity index (χ3n) is 1.67. The number of hydrogen-bond donors (Lipinski definition) is 1. The minimum absolute atomic E-state index is 0.222. The number of rotatable bonds is 1. The minimum Gasteiger partial charge on any atom is -0.375 e. The molecule has 0 aromatic carbocycles. The fourth-order valence-corrected chi connectivity index (χ4v) is 0.942. The second-order valence-electron chi connectivity index (χ2n) is 2.77. The van der Waals surface area contributed by atoms with Crippen LogP contribution in [0.4, 0.5) is 0 Å². The van der Waals surface area contributed by atoms with E-state index in [1.807, 2.05) is 6.92 Å². The summed E-state index contributed by atoms with van der Waals surface area (Å²) in [6.45, 7) is 2.88. The van der Waals surface area contributed by atoms with E-state index in [1.165, 1.54) is 0 Å². The molecule has 1 unspecified atom stereocenters. The van der Waals surface area contributed by atoms with Crippen molar-refractivity contribution in [3.8, 4) is 12.0 Å². The molecule has 0 fully saturated rings. The number of aliphatic imine (C=N–C) groups is 1. The first-order valence-corrected chi connectivity index (χ1v) is 4.38. The zero-order chi connectivity index (χ0) is 10.2. The van der Waals surface area contributed by atoms with Crippen molar-refractivity contribution < 1.29 is 9.53 Å². The molecule has 14 heavy (non-hydrogen) atoms. The van der Waals surface area contributed by atoms with E-state index in [1.54, 1.807) is 18.5 Å². The molecule has 4 heteroatoms. The zero-order valence-electron chi connectivity index (χ0n) is 7.99. The Morgan fingerprint density at radius 1 is 1.79 bits per heavy atom. The molecule has 1 rings (SSSR count). The average molecular weight is 192 g/mol. The molecule has 0 radical (unpaired) electrons. The van der Waals surface area contributed by atoms with Crippen molar-refractivity contribution in [2.75, 3.05) is 13.1 Å². The Kier molecular flexibility index (Phi) is 4.29. The smallest absolute Gasteiger partial charge is 0.326 e. The summed E-state index contributed by atoms with van der Waals surface area (Å²) in [6.07, 6.45) is 7.30.